The normalized spacial score (nSPS) is 8.25. The van der Waals surface area contributed by atoms with Gasteiger partial charge in [0.1, 0.15) is 0 Å². The first-order valence-electron chi connectivity index (χ1n) is 3.19. The van der Waals surface area contributed by atoms with Gasteiger partial charge in [-0.05, 0) is 24.3 Å². The van der Waals surface area contributed by atoms with Crippen molar-refractivity contribution < 1.29 is 4.79 Å². The molecule has 0 fully saturated rings. The summed E-state index contributed by atoms with van der Waals surface area (Å²) in [5.41, 5.74) is 4.47. The molecule has 0 aromatic heterocycles. The van der Waals surface area contributed by atoms with Gasteiger partial charge in [-0.2, -0.15) is 0 Å². The molecule has 0 radical (unpaired) electrons. The molecular weight excluding hydrogens is 197 g/mol. The number of hydrogen-bond acceptors (Lipinski definition) is 1. The number of amides is 1. The monoisotopic (exact) mass is 205 g/mol. The van der Waals surface area contributed by atoms with Gasteiger partial charge in [0, 0.05) is 17.0 Å². The number of halogens is 2. The molecule has 2 nitrogen and oxygen atoms in total. The van der Waals surface area contributed by atoms with Crippen LogP contribution in [-0.2, 0) is 4.79 Å². The van der Waals surface area contributed by atoms with Crippen molar-refractivity contribution in [2.45, 2.75) is 6.92 Å². The largest absolute Gasteiger partial charge is 0.370 e. The van der Waals surface area contributed by atoms with Crippen LogP contribution in [-0.4, -0.2) is 5.91 Å². The zero-order valence-corrected chi connectivity index (χ0v) is 8.06. The van der Waals surface area contributed by atoms with Crippen LogP contribution >= 0.6 is 23.2 Å². The molecule has 0 unspecified atom stereocenters. The average Bonchev–Trinajstić information content (AvgIpc) is 1.94. The lowest BCUT2D eigenvalue weighted by molar-refractivity contribution is -0.115. The van der Waals surface area contributed by atoms with Gasteiger partial charge in [-0.15, -0.1) is 0 Å². The molecule has 0 heterocycles. The summed E-state index contributed by atoms with van der Waals surface area (Å²) >= 11 is 11.1. The van der Waals surface area contributed by atoms with Crippen LogP contribution in [0.4, 0.5) is 0 Å². The highest BCUT2D eigenvalue weighted by molar-refractivity contribution is 6.32. The first kappa shape index (κ1) is 11.3. The van der Waals surface area contributed by atoms with Gasteiger partial charge in [0.2, 0.25) is 5.91 Å². The van der Waals surface area contributed by atoms with Crippen LogP contribution in [0.15, 0.2) is 24.3 Å². The van der Waals surface area contributed by atoms with Crippen molar-refractivity contribution in [3.63, 3.8) is 0 Å². The van der Waals surface area contributed by atoms with Crippen LogP contribution < -0.4 is 5.73 Å². The van der Waals surface area contributed by atoms with Crippen molar-refractivity contribution in [2.75, 3.05) is 0 Å². The predicted molar refractivity (Wildman–Crippen MR) is 51.3 cm³/mol. The van der Waals surface area contributed by atoms with E-state index >= 15 is 0 Å². The minimum atomic E-state index is -0.333. The van der Waals surface area contributed by atoms with Gasteiger partial charge in [-0.25, -0.2) is 0 Å². The molecule has 1 aromatic carbocycles. The van der Waals surface area contributed by atoms with Gasteiger partial charge in [-0.3, -0.25) is 4.79 Å². The maximum absolute atomic E-state index is 9.22. The lowest BCUT2D eigenvalue weighted by Gasteiger charge is -1.86. The lowest BCUT2D eigenvalue weighted by atomic mass is 10.4. The number of primary amides is 1. The molecule has 0 aliphatic rings. The number of benzene rings is 1. The maximum atomic E-state index is 9.22. The van der Waals surface area contributed by atoms with Gasteiger partial charge in [0.15, 0.2) is 0 Å². The quantitative estimate of drug-likeness (QED) is 0.696. The standard InChI is InChI=1S/C6H4Cl2.C2H5NO/c7-5-1-2-6(8)4-3-5;1-2(3)4/h1-4H;1H3,(H2,3,4). The van der Waals surface area contributed by atoms with Crippen molar-refractivity contribution in [1.29, 1.82) is 0 Å². The first-order chi connectivity index (χ1) is 5.52. The molecule has 0 atom stereocenters. The number of carbonyl (C=O) groups excluding carboxylic acids is 1. The summed E-state index contributed by atoms with van der Waals surface area (Å²) in [6, 6.07) is 7.02. The average molecular weight is 206 g/mol. The highest BCUT2D eigenvalue weighted by Gasteiger charge is 1.83. The van der Waals surface area contributed by atoms with Gasteiger partial charge in [0.05, 0.1) is 0 Å². The summed E-state index contributed by atoms with van der Waals surface area (Å²) in [5, 5.41) is 1.43. The van der Waals surface area contributed by atoms with E-state index in [4.69, 9.17) is 23.2 Å². The Morgan fingerprint density at radius 2 is 1.33 bits per heavy atom. The summed E-state index contributed by atoms with van der Waals surface area (Å²) in [6.45, 7) is 1.31. The molecule has 0 aliphatic heterocycles. The Balaban J connectivity index is 0.000000261. The van der Waals surface area contributed by atoms with E-state index in [0.717, 1.165) is 10.0 Å². The molecule has 1 rings (SSSR count). The topological polar surface area (TPSA) is 43.1 Å². The van der Waals surface area contributed by atoms with Crippen LogP contribution in [0.5, 0.6) is 0 Å². The summed E-state index contributed by atoms with van der Waals surface area (Å²) < 4.78 is 0. The number of hydrogen-bond donors (Lipinski definition) is 1. The molecular formula is C8H9Cl2NO. The van der Waals surface area contributed by atoms with E-state index in [2.05, 4.69) is 5.73 Å². The fraction of sp³-hybridized carbons (Fsp3) is 0.125. The second-order valence-corrected chi connectivity index (χ2v) is 2.92. The van der Waals surface area contributed by atoms with Crippen molar-refractivity contribution in [1.82, 2.24) is 0 Å². The van der Waals surface area contributed by atoms with Gasteiger partial charge < -0.3 is 5.73 Å². The molecule has 4 heteroatoms. The van der Waals surface area contributed by atoms with Crippen LogP contribution in [0.3, 0.4) is 0 Å². The fourth-order valence-corrected chi connectivity index (χ4v) is 0.682. The number of carbonyl (C=O) groups is 1. The van der Waals surface area contributed by atoms with Gasteiger partial charge >= 0.3 is 0 Å². The Kier molecular flexibility index (Phi) is 5.51. The third-order valence-electron chi connectivity index (χ3n) is 0.804. The Bertz CT molecular complexity index is 221. The molecule has 1 aromatic rings. The van der Waals surface area contributed by atoms with Crippen LogP contribution in [0.25, 0.3) is 0 Å². The van der Waals surface area contributed by atoms with Crippen molar-refractivity contribution in [3.8, 4) is 0 Å². The zero-order chi connectivity index (χ0) is 9.56. The highest BCUT2D eigenvalue weighted by Crippen LogP contribution is 2.12. The fourth-order valence-electron chi connectivity index (χ4n) is 0.430. The first-order valence-corrected chi connectivity index (χ1v) is 3.95. The third kappa shape index (κ3) is 7.38. The maximum Gasteiger partial charge on any atom is 0.214 e. The summed E-state index contributed by atoms with van der Waals surface area (Å²) in [6.07, 6.45) is 0. The van der Waals surface area contributed by atoms with Gasteiger partial charge in [0.25, 0.3) is 0 Å². The van der Waals surface area contributed by atoms with Crippen LogP contribution in [0.2, 0.25) is 10.0 Å². The Morgan fingerprint density at radius 1 is 1.17 bits per heavy atom. The molecule has 1 amide bonds. The number of rotatable bonds is 0. The van der Waals surface area contributed by atoms with Gasteiger partial charge in [-0.1, -0.05) is 23.2 Å². The molecule has 0 bridgehead atoms. The summed E-state index contributed by atoms with van der Waals surface area (Å²) in [4.78, 5) is 9.22. The second-order valence-electron chi connectivity index (χ2n) is 2.05. The third-order valence-corrected chi connectivity index (χ3v) is 1.31. The molecule has 0 aliphatic carbocycles. The van der Waals surface area contributed by atoms with E-state index in [-0.39, 0.29) is 5.91 Å². The summed E-state index contributed by atoms with van der Waals surface area (Å²) in [5.74, 6) is -0.333. The van der Waals surface area contributed by atoms with E-state index in [1.54, 1.807) is 24.3 Å². The SMILES string of the molecule is CC(N)=O.Clc1ccc(Cl)cc1. The van der Waals surface area contributed by atoms with E-state index in [1.807, 2.05) is 0 Å². The van der Waals surface area contributed by atoms with E-state index in [1.165, 1.54) is 6.92 Å². The zero-order valence-electron chi connectivity index (χ0n) is 6.55. The summed E-state index contributed by atoms with van der Waals surface area (Å²) in [7, 11) is 0. The Labute approximate surface area is 81.3 Å². The van der Waals surface area contributed by atoms with E-state index < -0.39 is 0 Å². The molecule has 12 heavy (non-hydrogen) atoms. The lowest BCUT2D eigenvalue weighted by Crippen LogP contribution is -2.01. The van der Waals surface area contributed by atoms with Crippen molar-refractivity contribution in [2.24, 2.45) is 5.73 Å². The minimum absolute atomic E-state index is 0.333. The Morgan fingerprint density at radius 3 is 1.50 bits per heavy atom. The van der Waals surface area contributed by atoms with Crippen LogP contribution in [0.1, 0.15) is 6.92 Å². The second kappa shape index (κ2) is 5.86. The molecule has 2 N–H and O–H groups in total. The predicted octanol–water partition coefficient (Wildman–Crippen LogP) is 2.49. The van der Waals surface area contributed by atoms with Crippen molar-refractivity contribution in [3.05, 3.63) is 34.3 Å². The Hall–Kier alpha value is -0.730. The molecule has 0 saturated carbocycles. The van der Waals surface area contributed by atoms with Crippen LogP contribution in [0, 0.1) is 0 Å². The minimum Gasteiger partial charge on any atom is -0.370 e. The highest BCUT2D eigenvalue weighted by atomic mass is 35.5. The van der Waals surface area contributed by atoms with E-state index in [9.17, 15) is 4.79 Å². The number of nitrogens with two attached hydrogens (primary N) is 1. The van der Waals surface area contributed by atoms with Crippen molar-refractivity contribution >= 4 is 29.1 Å². The molecule has 66 valence electrons. The van der Waals surface area contributed by atoms with E-state index in [0.29, 0.717) is 0 Å². The molecule has 0 saturated heterocycles. The molecule has 0 spiro atoms. The smallest absolute Gasteiger partial charge is 0.214 e.